The second-order valence-corrected chi connectivity index (χ2v) is 4.73. The summed E-state index contributed by atoms with van der Waals surface area (Å²) in [6.07, 6.45) is 0. The van der Waals surface area contributed by atoms with Crippen LogP contribution in [-0.4, -0.2) is 50.0 Å². The summed E-state index contributed by atoms with van der Waals surface area (Å²) < 4.78 is 0. The number of aliphatic hydroxyl groups excluding tert-OH is 1. The van der Waals surface area contributed by atoms with Gasteiger partial charge in [0.15, 0.2) is 0 Å². The molecule has 0 aliphatic carbocycles. The Labute approximate surface area is 114 Å². The monoisotopic (exact) mass is 277 g/mol. The maximum Gasteiger partial charge on any atom is 0.374 e. The minimum atomic E-state index is -1.32. The van der Waals surface area contributed by atoms with Gasteiger partial charge < -0.3 is 20.6 Å². The van der Waals surface area contributed by atoms with Gasteiger partial charge in [-0.05, 0) is 19.1 Å². The third-order valence-electron chi connectivity index (χ3n) is 2.77. The number of hydrogen-bond acceptors (Lipinski definition) is 6. The Kier molecular flexibility index (Phi) is 3.82. The van der Waals surface area contributed by atoms with E-state index >= 15 is 0 Å². The molecule has 4 N–H and O–H groups in total. The predicted molar refractivity (Wildman–Crippen MR) is 72.7 cm³/mol. The average Bonchev–Trinajstić information content (AvgIpc) is 2.44. The number of anilines is 1. The summed E-state index contributed by atoms with van der Waals surface area (Å²) in [5, 5.41) is 31.3. The Hall–Kier alpha value is -2.25. The molecule has 0 bridgehead atoms. The van der Waals surface area contributed by atoms with Crippen LogP contribution in [0.25, 0.3) is 10.9 Å². The fourth-order valence-corrected chi connectivity index (χ4v) is 1.64. The van der Waals surface area contributed by atoms with E-state index in [1.54, 1.807) is 24.3 Å². The number of aromatic carboxylic acids is 1. The van der Waals surface area contributed by atoms with E-state index in [0.29, 0.717) is 16.7 Å². The van der Waals surface area contributed by atoms with E-state index < -0.39 is 18.2 Å². The van der Waals surface area contributed by atoms with Crippen molar-refractivity contribution < 1.29 is 20.1 Å². The fraction of sp³-hybridized carbons (Fsp3) is 0.308. The Bertz CT molecular complexity index is 643. The highest BCUT2D eigenvalue weighted by Gasteiger charge is 2.20. The molecule has 7 heteroatoms. The molecule has 1 unspecified atom stereocenters. The van der Waals surface area contributed by atoms with Crippen molar-refractivity contribution in [2.24, 2.45) is 0 Å². The number of carbonyl (C=O) groups is 1. The van der Waals surface area contributed by atoms with Crippen LogP contribution in [0.4, 0.5) is 5.82 Å². The maximum atomic E-state index is 11.0. The minimum absolute atomic E-state index is 0.0313. The van der Waals surface area contributed by atoms with Crippen molar-refractivity contribution >= 4 is 22.7 Å². The van der Waals surface area contributed by atoms with Crippen LogP contribution in [0.15, 0.2) is 24.3 Å². The molecule has 0 aliphatic heterocycles. The molecule has 0 amide bonds. The number of aromatic nitrogens is 2. The standard InChI is InChI=1S/C13H15N3O4/c1-13(20,7-17)6-14-10-8-4-2-3-5-9(8)15-11(16-10)12(18)19/h2-5,17,20H,6-7H2,1H3,(H,18,19)(H,14,15,16). The summed E-state index contributed by atoms with van der Waals surface area (Å²) in [4.78, 5) is 18.9. The topological polar surface area (TPSA) is 116 Å². The van der Waals surface area contributed by atoms with Crippen LogP contribution in [-0.2, 0) is 0 Å². The Balaban J connectivity index is 2.42. The molecule has 2 rings (SSSR count). The zero-order chi connectivity index (χ0) is 14.8. The number of hydrogen-bond donors (Lipinski definition) is 4. The van der Waals surface area contributed by atoms with Gasteiger partial charge in [-0.2, -0.15) is 0 Å². The molecule has 106 valence electrons. The number of para-hydroxylation sites is 1. The average molecular weight is 277 g/mol. The highest BCUT2D eigenvalue weighted by Crippen LogP contribution is 2.20. The van der Waals surface area contributed by atoms with Gasteiger partial charge in [-0.15, -0.1) is 0 Å². The lowest BCUT2D eigenvalue weighted by molar-refractivity contribution is 0.0132. The molecule has 7 nitrogen and oxygen atoms in total. The lowest BCUT2D eigenvalue weighted by atomic mass is 10.1. The predicted octanol–water partition coefficient (Wildman–Crippen LogP) is 0.483. The molecule has 0 radical (unpaired) electrons. The quantitative estimate of drug-likeness (QED) is 0.628. The van der Waals surface area contributed by atoms with Crippen LogP contribution in [0.2, 0.25) is 0 Å². The second kappa shape index (κ2) is 5.40. The summed E-state index contributed by atoms with van der Waals surface area (Å²) in [5.41, 5.74) is -0.832. The van der Waals surface area contributed by atoms with Crippen molar-refractivity contribution in [2.45, 2.75) is 12.5 Å². The number of benzene rings is 1. The normalized spacial score (nSPS) is 13.9. The van der Waals surface area contributed by atoms with Crippen LogP contribution >= 0.6 is 0 Å². The van der Waals surface area contributed by atoms with E-state index in [0.717, 1.165) is 0 Å². The Morgan fingerprint density at radius 2 is 2.05 bits per heavy atom. The first kappa shape index (κ1) is 14.2. The summed E-state index contributed by atoms with van der Waals surface area (Å²) >= 11 is 0. The summed E-state index contributed by atoms with van der Waals surface area (Å²) in [7, 11) is 0. The highest BCUT2D eigenvalue weighted by molar-refractivity contribution is 5.93. The van der Waals surface area contributed by atoms with E-state index in [2.05, 4.69) is 15.3 Å². The number of carboxylic acids is 1. The molecular weight excluding hydrogens is 262 g/mol. The molecule has 1 atom stereocenters. The van der Waals surface area contributed by atoms with Gasteiger partial charge in [-0.25, -0.2) is 14.8 Å². The first-order valence-electron chi connectivity index (χ1n) is 6.00. The van der Waals surface area contributed by atoms with E-state index in [1.807, 2.05) is 0 Å². The summed E-state index contributed by atoms with van der Waals surface area (Å²) in [6.45, 7) is 1.07. The molecule has 0 aliphatic rings. The second-order valence-electron chi connectivity index (χ2n) is 4.73. The van der Waals surface area contributed by atoms with Gasteiger partial charge in [-0.1, -0.05) is 12.1 Å². The lowest BCUT2D eigenvalue weighted by Gasteiger charge is -2.21. The zero-order valence-electron chi connectivity index (χ0n) is 10.9. The van der Waals surface area contributed by atoms with E-state index in [-0.39, 0.29) is 12.4 Å². The molecule has 0 saturated heterocycles. The van der Waals surface area contributed by atoms with Crippen molar-refractivity contribution in [1.29, 1.82) is 0 Å². The molecular formula is C13H15N3O4. The molecule has 0 saturated carbocycles. The lowest BCUT2D eigenvalue weighted by Crippen LogP contribution is -2.37. The largest absolute Gasteiger partial charge is 0.475 e. The molecule has 1 heterocycles. The number of nitrogens with zero attached hydrogens (tertiary/aromatic N) is 2. The van der Waals surface area contributed by atoms with Crippen molar-refractivity contribution in [3.05, 3.63) is 30.1 Å². The molecule has 1 aromatic heterocycles. The molecule has 0 spiro atoms. The van der Waals surface area contributed by atoms with Gasteiger partial charge in [0.05, 0.1) is 12.1 Å². The van der Waals surface area contributed by atoms with Crippen molar-refractivity contribution in [3.8, 4) is 0 Å². The number of carboxylic acid groups (broad SMARTS) is 1. The summed E-state index contributed by atoms with van der Waals surface area (Å²) in [5.74, 6) is -1.25. The number of rotatable bonds is 5. The van der Waals surface area contributed by atoms with Crippen molar-refractivity contribution in [2.75, 3.05) is 18.5 Å². The van der Waals surface area contributed by atoms with Crippen LogP contribution in [0, 0.1) is 0 Å². The van der Waals surface area contributed by atoms with Crippen LogP contribution in [0.3, 0.4) is 0 Å². The number of fused-ring (bicyclic) bond motifs is 1. The molecule has 0 fully saturated rings. The zero-order valence-corrected chi connectivity index (χ0v) is 10.9. The van der Waals surface area contributed by atoms with Gasteiger partial charge in [0.1, 0.15) is 11.4 Å². The van der Waals surface area contributed by atoms with Crippen LogP contribution in [0.1, 0.15) is 17.5 Å². The van der Waals surface area contributed by atoms with E-state index in [9.17, 15) is 9.90 Å². The Morgan fingerprint density at radius 1 is 1.35 bits per heavy atom. The van der Waals surface area contributed by atoms with Crippen LogP contribution < -0.4 is 5.32 Å². The summed E-state index contributed by atoms with van der Waals surface area (Å²) in [6, 6.07) is 6.95. The molecule has 20 heavy (non-hydrogen) atoms. The molecule has 2 aromatic rings. The highest BCUT2D eigenvalue weighted by atomic mass is 16.4. The van der Waals surface area contributed by atoms with Gasteiger partial charge in [-0.3, -0.25) is 0 Å². The first-order chi connectivity index (χ1) is 9.43. The van der Waals surface area contributed by atoms with Crippen LogP contribution in [0.5, 0.6) is 0 Å². The third-order valence-corrected chi connectivity index (χ3v) is 2.77. The smallest absolute Gasteiger partial charge is 0.374 e. The Morgan fingerprint density at radius 3 is 2.70 bits per heavy atom. The molecule has 1 aromatic carbocycles. The van der Waals surface area contributed by atoms with E-state index in [4.69, 9.17) is 10.2 Å². The van der Waals surface area contributed by atoms with E-state index in [1.165, 1.54) is 6.92 Å². The van der Waals surface area contributed by atoms with Gasteiger partial charge in [0.25, 0.3) is 0 Å². The van der Waals surface area contributed by atoms with Gasteiger partial charge >= 0.3 is 5.97 Å². The third kappa shape index (κ3) is 3.01. The fourth-order valence-electron chi connectivity index (χ4n) is 1.64. The van der Waals surface area contributed by atoms with Gasteiger partial charge in [0.2, 0.25) is 5.82 Å². The minimum Gasteiger partial charge on any atom is -0.475 e. The maximum absolute atomic E-state index is 11.0. The van der Waals surface area contributed by atoms with Crippen molar-refractivity contribution in [3.63, 3.8) is 0 Å². The number of aliphatic hydroxyl groups is 2. The number of nitrogens with one attached hydrogen (secondary N) is 1. The van der Waals surface area contributed by atoms with Crippen molar-refractivity contribution in [1.82, 2.24) is 9.97 Å². The SMILES string of the molecule is CC(O)(CO)CNc1nc(C(=O)O)nc2ccccc12. The van der Waals surface area contributed by atoms with Gasteiger partial charge in [0, 0.05) is 11.9 Å². The first-order valence-corrected chi connectivity index (χ1v) is 6.00.